The van der Waals surface area contributed by atoms with Gasteiger partial charge in [0.05, 0.1) is 12.6 Å². The summed E-state index contributed by atoms with van der Waals surface area (Å²) < 4.78 is 39.9. The molecule has 6 nitrogen and oxygen atoms in total. The van der Waals surface area contributed by atoms with Gasteiger partial charge in [0.25, 0.3) is 0 Å². The smallest absolute Gasteiger partial charge is 0.357 e. The predicted molar refractivity (Wildman–Crippen MR) is 111 cm³/mol. The number of fused-ring (bicyclic) bond motifs is 1. The average Bonchev–Trinajstić information content (AvgIpc) is 3.46. The number of piperidine rings is 1. The van der Waals surface area contributed by atoms with E-state index >= 15 is 0 Å². The minimum atomic E-state index is -4.52. The largest absolute Gasteiger partial charge is 0.403 e. The molecule has 2 N–H and O–H groups in total. The number of hydrogen-bond acceptors (Lipinski definition) is 2. The average molecular weight is 457 g/mol. The van der Waals surface area contributed by atoms with Gasteiger partial charge in [-0.2, -0.15) is 13.2 Å². The number of nitrogens with one attached hydrogen (secondary N) is 2. The zero-order valence-electron chi connectivity index (χ0n) is 17.1. The van der Waals surface area contributed by atoms with E-state index in [4.69, 9.17) is 11.6 Å². The summed E-state index contributed by atoms with van der Waals surface area (Å²) in [5.41, 5.74) is -0.503. The molecule has 2 aliphatic rings. The highest BCUT2D eigenvalue weighted by Crippen LogP contribution is 2.58. The fourth-order valence-corrected chi connectivity index (χ4v) is 4.40. The number of aromatic nitrogens is 1. The van der Waals surface area contributed by atoms with Crippen LogP contribution in [0.15, 0.2) is 24.3 Å². The molecule has 1 aliphatic carbocycles. The second-order valence-corrected chi connectivity index (χ2v) is 8.86. The van der Waals surface area contributed by atoms with E-state index in [9.17, 15) is 22.8 Å². The minimum Gasteiger partial charge on any atom is -0.357 e. The Morgan fingerprint density at radius 2 is 2.06 bits per heavy atom. The molecule has 1 aliphatic heterocycles. The third kappa shape index (κ3) is 4.20. The number of amides is 3. The lowest BCUT2D eigenvalue weighted by molar-refractivity contribution is -0.199. The third-order valence-electron chi connectivity index (χ3n) is 6.32. The standard InChI is InChI=1S/C21H24ClF3N4O2/c1-28(19(31)26-11-15-10-13-9-14(22)4-5-17(13)27-15)16-3-2-8-29(12-16)18(30)20(6-7-20)21(23,24)25/h4-5,9-10,16,27H,2-3,6-8,11-12H2,1H3,(H,26,31)/t16-/m1/s1. The Morgan fingerprint density at radius 1 is 1.32 bits per heavy atom. The lowest BCUT2D eigenvalue weighted by Gasteiger charge is -2.39. The number of urea groups is 1. The lowest BCUT2D eigenvalue weighted by atomic mass is 9.99. The highest BCUT2D eigenvalue weighted by atomic mass is 35.5. The molecule has 1 atom stereocenters. The first-order chi connectivity index (χ1) is 14.6. The molecular weight excluding hydrogens is 433 g/mol. The number of carbonyl (C=O) groups excluding carboxylic acids is 2. The summed E-state index contributed by atoms with van der Waals surface area (Å²) in [4.78, 5) is 31.1. The van der Waals surface area contributed by atoms with Crippen molar-refractivity contribution in [3.63, 3.8) is 0 Å². The Labute approximate surface area is 182 Å². The first-order valence-electron chi connectivity index (χ1n) is 10.2. The second kappa shape index (κ2) is 7.93. The maximum atomic E-state index is 13.3. The first-order valence-corrected chi connectivity index (χ1v) is 10.6. The van der Waals surface area contributed by atoms with E-state index in [0.29, 0.717) is 24.4 Å². The fourth-order valence-electron chi connectivity index (χ4n) is 4.22. The van der Waals surface area contributed by atoms with Gasteiger partial charge >= 0.3 is 12.2 Å². The van der Waals surface area contributed by atoms with Gasteiger partial charge in [-0.3, -0.25) is 4.79 Å². The van der Waals surface area contributed by atoms with E-state index in [1.165, 1.54) is 9.80 Å². The lowest BCUT2D eigenvalue weighted by Crippen LogP contribution is -2.55. The molecule has 10 heteroatoms. The molecular formula is C21H24ClF3N4O2. The Bertz CT molecular complexity index is 1000. The minimum absolute atomic E-state index is 0.117. The molecule has 2 heterocycles. The van der Waals surface area contributed by atoms with E-state index in [1.807, 2.05) is 18.2 Å². The zero-order chi connectivity index (χ0) is 22.4. The molecule has 4 rings (SSSR count). The van der Waals surface area contributed by atoms with Crippen molar-refractivity contribution in [3.8, 4) is 0 Å². The molecule has 1 saturated carbocycles. The molecule has 0 radical (unpaired) electrons. The molecule has 2 aromatic rings. The summed E-state index contributed by atoms with van der Waals surface area (Å²) in [5.74, 6) is -0.852. The Balaban J connectivity index is 1.35. The summed E-state index contributed by atoms with van der Waals surface area (Å²) in [6.07, 6.45) is -3.63. The van der Waals surface area contributed by atoms with Crippen molar-refractivity contribution >= 4 is 34.4 Å². The Kier molecular flexibility index (Phi) is 5.57. The summed E-state index contributed by atoms with van der Waals surface area (Å²) in [7, 11) is 1.61. The number of rotatable bonds is 4. The topological polar surface area (TPSA) is 68.4 Å². The predicted octanol–water partition coefficient (Wildman–Crippen LogP) is 4.30. The number of H-pyrrole nitrogens is 1. The molecule has 1 aromatic heterocycles. The van der Waals surface area contributed by atoms with Crippen LogP contribution in [0.2, 0.25) is 5.02 Å². The molecule has 0 spiro atoms. The molecule has 2 fully saturated rings. The van der Waals surface area contributed by atoms with E-state index < -0.39 is 17.5 Å². The van der Waals surface area contributed by atoms with E-state index in [2.05, 4.69) is 10.3 Å². The highest BCUT2D eigenvalue weighted by Gasteiger charge is 2.69. The van der Waals surface area contributed by atoms with Crippen molar-refractivity contribution in [3.05, 3.63) is 35.0 Å². The monoisotopic (exact) mass is 456 g/mol. The molecule has 1 saturated heterocycles. The van der Waals surface area contributed by atoms with Crippen molar-refractivity contribution in [2.45, 2.75) is 44.4 Å². The highest BCUT2D eigenvalue weighted by molar-refractivity contribution is 6.31. The fraction of sp³-hybridized carbons (Fsp3) is 0.524. The number of alkyl halides is 3. The number of nitrogens with zero attached hydrogens (tertiary/aromatic N) is 2. The van der Waals surface area contributed by atoms with Crippen LogP contribution in [-0.4, -0.2) is 59.1 Å². The number of carbonyl (C=O) groups is 2. The van der Waals surface area contributed by atoms with Crippen LogP contribution in [0.3, 0.4) is 0 Å². The third-order valence-corrected chi connectivity index (χ3v) is 6.56. The summed E-state index contributed by atoms with van der Waals surface area (Å²) in [6.45, 7) is 0.674. The van der Waals surface area contributed by atoms with Crippen LogP contribution in [0, 0.1) is 5.41 Å². The quantitative estimate of drug-likeness (QED) is 0.720. The van der Waals surface area contributed by atoms with Gasteiger partial charge < -0.3 is 20.1 Å². The number of aromatic amines is 1. The normalized spacial score (nSPS) is 20.5. The van der Waals surface area contributed by atoms with Crippen molar-refractivity contribution in [2.75, 3.05) is 20.1 Å². The van der Waals surface area contributed by atoms with Crippen molar-refractivity contribution < 1.29 is 22.8 Å². The van der Waals surface area contributed by atoms with Gasteiger partial charge in [-0.1, -0.05) is 11.6 Å². The maximum Gasteiger partial charge on any atom is 0.403 e. The number of halogens is 4. The molecule has 31 heavy (non-hydrogen) atoms. The summed E-state index contributed by atoms with van der Waals surface area (Å²) in [5, 5.41) is 4.38. The molecule has 168 valence electrons. The van der Waals surface area contributed by atoms with Crippen LogP contribution in [0.5, 0.6) is 0 Å². The van der Waals surface area contributed by atoms with Gasteiger partial charge in [0, 0.05) is 41.8 Å². The van der Waals surface area contributed by atoms with E-state index in [1.54, 1.807) is 13.1 Å². The second-order valence-electron chi connectivity index (χ2n) is 8.42. The zero-order valence-corrected chi connectivity index (χ0v) is 17.8. The van der Waals surface area contributed by atoms with E-state index in [0.717, 1.165) is 16.6 Å². The van der Waals surface area contributed by atoms with E-state index in [-0.39, 0.29) is 38.0 Å². The number of likely N-dealkylation sites (N-methyl/N-ethyl adjacent to an activating group) is 1. The molecule has 0 bridgehead atoms. The van der Waals surface area contributed by atoms with Gasteiger partial charge in [0.2, 0.25) is 5.91 Å². The van der Waals surface area contributed by atoms with Gasteiger partial charge in [-0.05, 0) is 49.9 Å². The van der Waals surface area contributed by atoms with Gasteiger partial charge in [-0.15, -0.1) is 0 Å². The van der Waals surface area contributed by atoms with Crippen LogP contribution in [0.1, 0.15) is 31.4 Å². The van der Waals surface area contributed by atoms with Crippen LogP contribution in [0.25, 0.3) is 10.9 Å². The number of benzene rings is 1. The van der Waals surface area contributed by atoms with Crippen LogP contribution in [-0.2, 0) is 11.3 Å². The van der Waals surface area contributed by atoms with Crippen LogP contribution < -0.4 is 5.32 Å². The SMILES string of the molecule is CN(C(=O)NCc1cc2cc(Cl)ccc2[nH]1)[C@@H]1CCCN(C(=O)C2(C(F)(F)F)CC2)C1. The summed E-state index contributed by atoms with van der Waals surface area (Å²) in [6, 6.07) is 6.69. The van der Waals surface area contributed by atoms with Crippen LogP contribution in [0.4, 0.5) is 18.0 Å². The first kappa shape index (κ1) is 21.8. The number of likely N-dealkylation sites (tertiary alicyclic amines) is 1. The van der Waals surface area contributed by atoms with Gasteiger partial charge in [0.1, 0.15) is 5.41 Å². The van der Waals surface area contributed by atoms with Crippen molar-refractivity contribution in [1.82, 2.24) is 20.1 Å². The van der Waals surface area contributed by atoms with Crippen molar-refractivity contribution in [2.24, 2.45) is 5.41 Å². The Morgan fingerprint density at radius 3 is 2.74 bits per heavy atom. The maximum absolute atomic E-state index is 13.3. The summed E-state index contributed by atoms with van der Waals surface area (Å²) >= 11 is 5.99. The van der Waals surface area contributed by atoms with Crippen LogP contribution >= 0.6 is 11.6 Å². The molecule has 3 amide bonds. The van der Waals surface area contributed by atoms with Gasteiger partial charge in [-0.25, -0.2) is 4.79 Å². The molecule has 1 aromatic carbocycles. The molecule has 0 unspecified atom stereocenters. The Hall–Kier alpha value is -2.42. The van der Waals surface area contributed by atoms with Gasteiger partial charge in [0.15, 0.2) is 0 Å². The number of hydrogen-bond donors (Lipinski definition) is 2. The van der Waals surface area contributed by atoms with Crippen molar-refractivity contribution in [1.29, 1.82) is 0 Å².